The van der Waals surface area contributed by atoms with Gasteiger partial charge in [0.25, 0.3) is 11.8 Å². The lowest BCUT2D eigenvalue weighted by Gasteiger charge is -2.48. The van der Waals surface area contributed by atoms with Crippen molar-refractivity contribution in [3.63, 3.8) is 0 Å². The molecule has 310 valence electrons. The highest BCUT2D eigenvalue weighted by atomic mass is 16.5. The maximum absolute atomic E-state index is 13.0. The van der Waals surface area contributed by atoms with Crippen LogP contribution >= 0.6 is 0 Å². The van der Waals surface area contributed by atoms with E-state index in [0.717, 1.165) is 120 Å². The summed E-state index contributed by atoms with van der Waals surface area (Å²) in [6.07, 6.45) is 8.85. The second-order valence-corrected chi connectivity index (χ2v) is 17.2. The Morgan fingerprint density at radius 3 is 2.36 bits per heavy atom. The van der Waals surface area contributed by atoms with Gasteiger partial charge in [0.2, 0.25) is 5.91 Å². The van der Waals surface area contributed by atoms with Crippen molar-refractivity contribution in [1.82, 2.24) is 34.5 Å². The summed E-state index contributed by atoms with van der Waals surface area (Å²) in [6, 6.07) is 15.8. The van der Waals surface area contributed by atoms with Gasteiger partial charge >= 0.3 is 5.69 Å². The normalized spacial score (nSPS) is 21.7. The highest BCUT2D eigenvalue weighted by molar-refractivity contribution is 5.99. The van der Waals surface area contributed by atoms with E-state index in [1.165, 1.54) is 14.8 Å². The molecule has 1 atom stereocenters. The van der Waals surface area contributed by atoms with E-state index in [1.807, 2.05) is 12.1 Å². The van der Waals surface area contributed by atoms with Crippen LogP contribution in [0.2, 0.25) is 0 Å². The van der Waals surface area contributed by atoms with E-state index < -0.39 is 17.9 Å². The number of anilines is 4. The number of nitrogens with two attached hydrogens (primary N) is 1. The zero-order valence-electron chi connectivity index (χ0n) is 33.6. The SMILES string of the molecule is Cn1c(-c2ccc(N3CCC(CN4CCC(c5ccc(Nc6nc(N7CCCC8(COC8)C7)cnc6C(N)=O)cc5)CC4)CC3)cc2)nn(C2CCC(=O)NC2=O)c1=O. The van der Waals surface area contributed by atoms with Crippen molar-refractivity contribution < 1.29 is 19.1 Å². The van der Waals surface area contributed by atoms with Crippen molar-refractivity contribution in [3.05, 3.63) is 76.5 Å². The molecule has 16 nitrogen and oxygen atoms in total. The van der Waals surface area contributed by atoms with Crippen molar-refractivity contribution in [1.29, 1.82) is 0 Å². The molecule has 0 aliphatic carbocycles. The lowest BCUT2D eigenvalue weighted by molar-refractivity contribution is -0.136. The Morgan fingerprint density at radius 2 is 1.68 bits per heavy atom. The summed E-state index contributed by atoms with van der Waals surface area (Å²) in [5.74, 6) is 1.35. The molecule has 0 saturated carbocycles. The third kappa shape index (κ3) is 8.07. The number of rotatable bonds is 10. The van der Waals surface area contributed by atoms with Gasteiger partial charge in [-0.15, -0.1) is 5.10 Å². The van der Waals surface area contributed by atoms with Crippen LogP contribution in [0.4, 0.5) is 23.0 Å². The number of ether oxygens (including phenoxy) is 1. The van der Waals surface area contributed by atoms with Gasteiger partial charge in [-0.2, -0.15) is 0 Å². The summed E-state index contributed by atoms with van der Waals surface area (Å²) in [5.41, 5.74) is 9.77. The van der Waals surface area contributed by atoms with Gasteiger partial charge in [-0.05, 0) is 112 Å². The van der Waals surface area contributed by atoms with Crippen molar-refractivity contribution >= 4 is 40.7 Å². The summed E-state index contributed by atoms with van der Waals surface area (Å²) in [6.45, 7) is 8.63. The van der Waals surface area contributed by atoms with Gasteiger partial charge < -0.3 is 30.5 Å². The molecule has 9 rings (SSSR count). The minimum absolute atomic E-state index is 0.134. The minimum atomic E-state index is -0.790. The van der Waals surface area contributed by atoms with Crippen molar-refractivity contribution in [2.75, 3.05) is 74.1 Å². The lowest BCUT2D eigenvalue weighted by atomic mass is 9.78. The van der Waals surface area contributed by atoms with Gasteiger partial charge in [-0.3, -0.25) is 24.3 Å². The van der Waals surface area contributed by atoms with Crippen LogP contribution in [-0.4, -0.2) is 106 Å². The number of amides is 3. The van der Waals surface area contributed by atoms with E-state index in [-0.39, 0.29) is 35.5 Å². The fraction of sp³-hybridized carbons (Fsp3) is 0.512. The number of hydrogen-bond acceptors (Lipinski definition) is 12. The number of likely N-dealkylation sites (tertiary alicyclic amines) is 1. The van der Waals surface area contributed by atoms with Gasteiger partial charge in [0.15, 0.2) is 17.3 Å². The minimum Gasteiger partial charge on any atom is -0.380 e. The number of piperidine rings is 4. The van der Waals surface area contributed by atoms with Crippen LogP contribution in [0.3, 0.4) is 0 Å². The Balaban J connectivity index is 0.745. The van der Waals surface area contributed by atoms with Gasteiger partial charge in [-0.25, -0.2) is 19.4 Å². The number of aromatic nitrogens is 5. The smallest absolute Gasteiger partial charge is 0.346 e. The number of carbonyl (C=O) groups excluding carboxylic acids is 3. The molecule has 5 saturated heterocycles. The molecule has 1 spiro atoms. The molecule has 2 aromatic carbocycles. The summed E-state index contributed by atoms with van der Waals surface area (Å²) in [4.78, 5) is 65.8. The molecule has 59 heavy (non-hydrogen) atoms. The summed E-state index contributed by atoms with van der Waals surface area (Å²) < 4.78 is 8.18. The first-order valence-electron chi connectivity index (χ1n) is 21.0. The van der Waals surface area contributed by atoms with Crippen LogP contribution in [0.15, 0.2) is 59.5 Å². The first-order chi connectivity index (χ1) is 28.6. The fourth-order valence-corrected chi connectivity index (χ4v) is 9.64. The average molecular weight is 804 g/mol. The number of primary amides is 1. The molecule has 1 unspecified atom stereocenters. The molecule has 7 heterocycles. The topological polar surface area (TPSA) is 186 Å². The van der Waals surface area contributed by atoms with Crippen molar-refractivity contribution in [2.45, 2.75) is 63.3 Å². The monoisotopic (exact) mass is 803 g/mol. The largest absolute Gasteiger partial charge is 0.380 e. The second kappa shape index (κ2) is 16.2. The number of benzene rings is 2. The van der Waals surface area contributed by atoms with Crippen LogP contribution in [0.25, 0.3) is 11.4 Å². The van der Waals surface area contributed by atoms with E-state index in [1.54, 1.807) is 13.2 Å². The predicted octanol–water partition coefficient (Wildman–Crippen LogP) is 3.57. The molecular weight excluding hydrogens is 751 g/mol. The molecule has 5 fully saturated rings. The van der Waals surface area contributed by atoms with Gasteiger partial charge in [0.1, 0.15) is 11.9 Å². The highest BCUT2D eigenvalue weighted by Crippen LogP contribution is 2.39. The number of carbonyl (C=O) groups is 3. The highest BCUT2D eigenvalue weighted by Gasteiger charge is 2.42. The number of nitrogens with zero attached hydrogens (tertiary/aromatic N) is 8. The summed E-state index contributed by atoms with van der Waals surface area (Å²) in [7, 11) is 1.65. The van der Waals surface area contributed by atoms with Crippen molar-refractivity contribution in [2.24, 2.45) is 24.1 Å². The van der Waals surface area contributed by atoms with Gasteiger partial charge in [-0.1, -0.05) is 12.1 Å². The van der Waals surface area contributed by atoms with Gasteiger partial charge in [0, 0.05) is 68.5 Å². The Kier molecular flexibility index (Phi) is 10.7. The summed E-state index contributed by atoms with van der Waals surface area (Å²) >= 11 is 0. The molecule has 2 aromatic heterocycles. The Labute approximate surface area is 343 Å². The van der Waals surface area contributed by atoms with Gasteiger partial charge in [0.05, 0.1) is 19.4 Å². The molecular formula is C43H53N11O5. The molecule has 3 amide bonds. The predicted molar refractivity (Wildman–Crippen MR) is 223 cm³/mol. The Morgan fingerprint density at radius 1 is 0.932 bits per heavy atom. The molecule has 5 aliphatic heterocycles. The maximum Gasteiger partial charge on any atom is 0.346 e. The van der Waals surface area contributed by atoms with Crippen molar-refractivity contribution in [3.8, 4) is 11.4 Å². The molecule has 4 N–H and O–H groups in total. The molecule has 5 aliphatic rings. The van der Waals surface area contributed by atoms with Crippen LogP contribution in [0, 0.1) is 11.3 Å². The first kappa shape index (κ1) is 38.9. The third-order valence-electron chi connectivity index (χ3n) is 13.2. The maximum atomic E-state index is 13.0. The van der Waals surface area contributed by atoms with Crippen LogP contribution in [0.1, 0.15) is 79.4 Å². The van der Waals surface area contributed by atoms with E-state index >= 15 is 0 Å². The molecule has 16 heteroatoms. The standard InChI is InChI=1S/C43H53N11O5/c1-50-40(49-54(42(50)58)34-11-12-36(55)48-41(34)57)31-5-9-33(10-6-31)52-21-13-28(14-22-52)24-51-19-15-30(16-20-51)29-3-7-32(8-4-29)46-39-37(38(44)56)45-23-35(47-39)53-18-2-17-43(25-53)26-59-27-43/h3-10,23,28,30,34H,2,11-22,24-27H2,1H3,(H2,44,56)(H,46,47)(H,48,55,57). The molecule has 4 aromatic rings. The van der Waals surface area contributed by atoms with Crippen LogP contribution in [0.5, 0.6) is 0 Å². The number of hydrogen-bond donors (Lipinski definition) is 3. The Bertz CT molecular complexity index is 2250. The number of imide groups is 1. The lowest BCUT2D eigenvalue weighted by Crippen LogP contribution is -2.54. The molecule has 0 radical (unpaired) electrons. The summed E-state index contributed by atoms with van der Waals surface area (Å²) in [5, 5.41) is 10.2. The molecule has 0 bridgehead atoms. The Hall–Kier alpha value is -5.61. The van der Waals surface area contributed by atoms with E-state index in [4.69, 9.17) is 15.5 Å². The zero-order valence-corrected chi connectivity index (χ0v) is 33.6. The van der Waals surface area contributed by atoms with E-state index in [0.29, 0.717) is 23.5 Å². The van der Waals surface area contributed by atoms with Crippen LogP contribution < -0.4 is 31.9 Å². The van der Waals surface area contributed by atoms with E-state index in [9.17, 15) is 19.2 Å². The quantitative estimate of drug-likeness (QED) is 0.198. The average Bonchev–Trinajstić information content (AvgIpc) is 3.53. The van der Waals surface area contributed by atoms with Crippen LogP contribution in [-0.2, 0) is 21.4 Å². The van der Waals surface area contributed by atoms with E-state index in [2.05, 4.69) is 71.8 Å². The number of nitrogens with one attached hydrogen (secondary N) is 2. The third-order valence-corrected chi connectivity index (χ3v) is 13.2. The first-order valence-corrected chi connectivity index (χ1v) is 21.0. The zero-order chi connectivity index (χ0) is 40.7. The fourth-order valence-electron chi connectivity index (χ4n) is 9.64. The second-order valence-electron chi connectivity index (χ2n) is 17.2.